The Morgan fingerprint density at radius 3 is 2.47 bits per heavy atom. The third kappa shape index (κ3) is 5.56. The maximum Gasteiger partial charge on any atom is 0.309 e. The average Bonchev–Trinajstić information content (AvgIpc) is 3.38. The molecule has 2 heterocycles. The first-order valence-electron chi connectivity index (χ1n) is 12.8. The second-order valence-electron chi connectivity index (χ2n) is 9.62. The molecule has 0 spiro atoms. The van der Waals surface area contributed by atoms with Crippen molar-refractivity contribution < 1.29 is 23.5 Å². The van der Waals surface area contributed by atoms with Crippen molar-refractivity contribution in [2.75, 3.05) is 44.4 Å². The van der Waals surface area contributed by atoms with Crippen LogP contribution in [0.1, 0.15) is 43.7 Å². The minimum absolute atomic E-state index is 0.0770. The van der Waals surface area contributed by atoms with Crippen LogP contribution in [0.3, 0.4) is 0 Å². The molecule has 1 saturated carbocycles. The van der Waals surface area contributed by atoms with Gasteiger partial charge in [0.05, 0.1) is 11.7 Å². The summed E-state index contributed by atoms with van der Waals surface area (Å²) in [5, 5.41) is 5.73. The normalized spacial score (nSPS) is 19.1. The molecule has 2 N–H and O–H groups in total. The third-order valence-electron chi connectivity index (χ3n) is 7.33. The summed E-state index contributed by atoms with van der Waals surface area (Å²) in [4.78, 5) is 29.5. The van der Waals surface area contributed by atoms with Crippen LogP contribution in [0.2, 0.25) is 0 Å². The van der Waals surface area contributed by atoms with Crippen molar-refractivity contribution in [3.63, 3.8) is 0 Å². The molecule has 36 heavy (non-hydrogen) atoms. The Balaban J connectivity index is 1.26. The van der Waals surface area contributed by atoms with Gasteiger partial charge in [-0.15, -0.1) is 0 Å². The molecule has 8 nitrogen and oxygen atoms in total. The van der Waals surface area contributed by atoms with Crippen molar-refractivity contribution in [3.05, 3.63) is 53.8 Å². The maximum atomic E-state index is 14.3. The van der Waals surface area contributed by atoms with Crippen LogP contribution in [-0.4, -0.2) is 62.3 Å². The largest absolute Gasteiger partial charge is 0.454 e. The van der Waals surface area contributed by atoms with Gasteiger partial charge in [0.15, 0.2) is 11.5 Å². The summed E-state index contributed by atoms with van der Waals surface area (Å²) in [5.74, 6) is -0.0526. The second-order valence-corrected chi connectivity index (χ2v) is 9.62. The zero-order valence-electron chi connectivity index (χ0n) is 20.4. The Morgan fingerprint density at radius 1 is 0.944 bits per heavy atom. The Labute approximate surface area is 210 Å². The Morgan fingerprint density at radius 2 is 1.69 bits per heavy atom. The van der Waals surface area contributed by atoms with Crippen LogP contribution in [-0.2, 0) is 9.59 Å². The van der Waals surface area contributed by atoms with Crippen LogP contribution < -0.4 is 25.0 Å². The maximum absolute atomic E-state index is 14.3. The molecule has 9 heteroatoms. The van der Waals surface area contributed by atoms with Crippen molar-refractivity contribution in [1.29, 1.82) is 0 Å². The number of para-hydroxylation sites is 1. The molecule has 1 atom stereocenters. The molecule has 2 aromatic carbocycles. The highest BCUT2D eigenvalue weighted by Crippen LogP contribution is 2.36. The molecule has 2 aliphatic heterocycles. The SMILES string of the molecule is O=C(NC[C@@H](c1ccc2c(c1)OCO2)N1CCN(c2ccccc2F)CC1)C(=O)NC1CCCCC1. The number of anilines is 1. The van der Waals surface area contributed by atoms with Crippen LogP contribution in [0.5, 0.6) is 11.5 Å². The molecular formula is C27H33FN4O4. The number of piperazine rings is 1. The lowest BCUT2D eigenvalue weighted by Crippen LogP contribution is -2.51. The molecule has 2 fully saturated rings. The van der Waals surface area contributed by atoms with E-state index in [9.17, 15) is 14.0 Å². The summed E-state index contributed by atoms with van der Waals surface area (Å²) in [6.07, 6.45) is 5.19. The minimum atomic E-state index is -0.615. The molecule has 0 unspecified atom stereocenters. The minimum Gasteiger partial charge on any atom is -0.454 e. The van der Waals surface area contributed by atoms with Gasteiger partial charge in [0.2, 0.25) is 6.79 Å². The number of hydrogen-bond donors (Lipinski definition) is 2. The van der Waals surface area contributed by atoms with Crippen LogP contribution in [0.15, 0.2) is 42.5 Å². The van der Waals surface area contributed by atoms with Crippen LogP contribution >= 0.6 is 0 Å². The van der Waals surface area contributed by atoms with E-state index in [0.29, 0.717) is 43.4 Å². The third-order valence-corrected chi connectivity index (χ3v) is 7.33. The molecule has 1 saturated heterocycles. The first kappa shape index (κ1) is 24.4. The molecule has 5 rings (SSSR count). The molecule has 0 aromatic heterocycles. The van der Waals surface area contributed by atoms with Crippen molar-refractivity contribution in [1.82, 2.24) is 15.5 Å². The lowest BCUT2D eigenvalue weighted by Gasteiger charge is -2.40. The number of rotatable bonds is 6. The standard InChI is InChI=1S/C27H33FN4O4/c28-21-8-4-5-9-22(21)31-12-14-32(15-13-31)23(19-10-11-24-25(16-19)36-18-35-24)17-29-26(33)27(34)30-20-6-2-1-3-7-20/h4-5,8-11,16,20,23H,1-3,6-7,12-15,17-18H2,(H,29,33)(H,30,34)/t23-/m0/s1. The predicted octanol–water partition coefficient (Wildman–Crippen LogP) is 2.98. The van der Waals surface area contributed by atoms with Gasteiger partial charge in [0.25, 0.3) is 0 Å². The van der Waals surface area contributed by atoms with Crippen LogP contribution in [0, 0.1) is 5.82 Å². The van der Waals surface area contributed by atoms with E-state index < -0.39 is 11.8 Å². The fraction of sp³-hybridized carbons (Fsp3) is 0.481. The molecular weight excluding hydrogens is 463 g/mol. The van der Waals surface area contributed by atoms with Crippen molar-refractivity contribution in [2.45, 2.75) is 44.2 Å². The number of fused-ring (bicyclic) bond motifs is 1. The molecule has 1 aliphatic carbocycles. The number of carbonyl (C=O) groups excluding carboxylic acids is 2. The van der Waals surface area contributed by atoms with E-state index in [-0.39, 0.29) is 31.2 Å². The topological polar surface area (TPSA) is 83.1 Å². The number of ether oxygens (including phenoxy) is 2. The first-order valence-corrected chi connectivity index (χ1v) is 12.8. The molecule has 2 aromatic rings. The van der Waals surface area contributed by atoms with E-state index >= 15 is 0 Å². The van der Waals surface area contributed by atoms with Crippen molar-refractivity contribution in [3.8, 4) is 11.5 Å². The summed E-state index contributed by atoms with van der Waals surface area (Å²) in [5.41, 5.74) is 1.57. The van der Waals surface area contributed by atoms with E-state index in [0.717, 1.165) is 31.2 Å². The van der Waals surface area contributed by atoms with Gasteiger partial charge in [0.1, 0.15) is 5.82 Å². The zero-order valence-corrected chi connectivity index (χ0v) is 20.4. The summed E-state index contributed by atoms with van der Waals surface area (Å²) >= 11 is 0. The second kappa shape index (κ2) is 11.2. The highest BCUT2D eigenvalue weighted by molar-refractivity contribution is 6.35. The monoisotopic (exact) mass is 496 g/mol. The van der Waals surface area contributed by atoms with E-state index in [2.05, 4.69) is 15.5 Å². The summed E-state index contributed by atoms with van der Waals surface area (Å²) < 4.78 is 25.3. The van der Waals surface area contributed by atoms with Gasteiger partial charge in [0, 0.05) is 38.8 Å². The smallest absolute Gasteiger partial charge is 0.309 e. The predicted molar refractivity (Wildman–Crippen MR) is 134 cm³/mol. The van der Waals surface area contributed by atoms with Gasteiger partial charge >= 0.3 is 11.8 Å². The number of halogens is 1. The Kier molecular flexibility index (Phi) is 7.55. The number of amides is 2. The number of nitrogens with one attached hydrogen (secondary N) is 2. The molecule has 0 radical (unpaired) electrons. The quantitative estimate of drug-likeness (QED) is 0.599. The molecule has 2 amide bonds. The van der Waals surface area contributed by atoms with Crippen molar-refractivity contribution >= 4 is 17.5 Å². The fourth-order valence-corrected chi connectivity index (χ4v) is 5.33. The number of nitrogens with zero attached hydrogens (tertiary/aromatic N) is 2. The van der Waals surface area contributed by atoms with Gasteiger partial charge in [-0.2, -0.15) is 0 Å². The summed E-state index contributed by atoms with van der Waals surface area (Å²) in [6.45, 7) is 3.12. The number of carbonyl (C=O) groups is 2. The molecule has 0 bridgehead atoms. The highest BCUT2D eigenvalue weighted by Gasteiger charge is 2.29. The van der Waals surface area contributed by atoms with Crippen LogP contribution in [0.4, 0.5) is 10.1 Å². The Hall–Kier alpha value is -3.33. The summed E-state index contributed by atoms with van der Waals surface area (Å²) in [7, 11) is 0. The lowest BCUT2D eigenvalue weighted by atomic mass is 9.95. The van der Waals surface area contributed by atoms with E-state index in [1.165, 1.54) is 12.5 Å². The summed E-state index contributed by atoms with van der Waals surface area (Å²) in [6, 6.07) is 12.5. The highest BCUT2D eigenvalue weighted by atomic mass is 19.1. The van der Waals surface area contributed by atoms with E-state index in [4.69, 9.17) is 9.47 Å². The average molecular weight is 497 g/mol. The Bertz CT molecular complexity index is 1080. The number of benzene rings is 2. The zero-order chi connectivity index (χ0) is 24.9. The van der Waals surface area contributed by atoms with Gasteiger partial charge in [-0.25, -0.2) is 4.39 Å². The van der Waals surface area contributed by atoms with Gasteiger partial charge in [-0.3, -0.25) is 14.5 Å². The number of hydrogen-bond acceptors (Lipinski definition) is 6. The van der Waals surface area contributed by atoms with Gasteiger partial charge in [-0.1, -0.05) is 37.5 Å². The fourth-order valence-electron chi connectivity index (χ4n) is 5.33. The van der Waals surface area contributed by atoms with Gasteiger partial charge in [-0.05, 0) is 42.7 Å². The molecule has 3 aliphatic rings. The lowest BCUT2D eigenvalue weighted by molar-refractivity contribution is -0.139. The van der Waals surface area contributed by atoms with Crippen molar-refractivity contribution in [2.24, 2.45) is 0 Å². The van der Waals surface area contributed by atoms with E-state index in [1.54, 1.807) is 12.1 Å². The van der Waals surface area contributed by atoms with E-state index in [1.807, 2.05) is 29.2 Å². The van der Waals surface area contributed by atoms with Gasteiger partial charge < -0.3 is 25.0 Å². The first-order chi connectivity index (χ1) is 17.6. The molecule has 192 valence electrons. The van der Waals surface area contributed by atoms with Crippen LogP contribution in [0.25, 0.3) is 0 Å².